The largest absolute Gasteiger partial charge is 0.347 e. The lowest BCUT2D eigenvalue weighted by Gasteiger charge is -2.07. The molecule has 2 amide bonds. The molecular weight excluding hydrogens is 349 g/mol. The molecule has 7 nitrogen and oxygen atoms in total. The van der Waals surface area contributed by atoms with Crippen molar-refractivity contribution in [3.8, 4) is 0 Å². The molecule has 0 heterocycles. The zero-order valence-corrected chi connectivity index (χ0v) is 13.8. The predicted molar refractivity (Wildman–Crippen MR) is 89.6 cm³/mol. The summed E-state index contributed by atoms with van der Waals surface area (Å²) in [6, 6.07) is 10.9. The number of carbonyl (C=O) groups is 2. The van der Waals surface area contributed by atoms with Crippen molar-refractivity contribution in [2.45, 2.75) is 11.3 Å². The van der Waals surface area contributed by atoms with Gasteiger partial charge in [0.05, 0.1) is 4.90 Å². The zero-order valence-electron chi connectivity index (χ0n) is 13.0. The van der Waals surface area contributed by atoms with E-state index in [0.717, 1.165) is 5.56 Å². The van der Waals surface area contributed by atoms with Gasteiger partial charge < -0.3 is 10.6 Å². The summed E-state index contributed by atoms with van der Waals surface area (Å²) >= 11 is 0. The van der Waals surface area contributed by atoms with Gasteiger partial charge in [0.2, 0.25) is 10.0 Å². The van der Waals surface area contributed by atoms with Crippen molar-refractivity contribution in [3.63, 3.8) is 0 Å². The fourth-order valence-electron chi connectivity index (χ4n) is 1.97. The maximum Gasteiger partial charge on any atom is 0.313 e. The van der Waals surface area contributed by atoms with E-state index in [4.69, 9.17) is 5.14 Å². The molecule has 2 aromatic carbocycles. The van der Waals surface area contributed by atoms with Crippen LogP contribution in [0.3, 0.4) is 0 Å². The van der Waals surface area contributed by atoms with Crippen LogP contribution in [0, 0.1) is 5.82 Å². The third kappa shape index (κ3) is 5.66. The van der Waals surface area contributed by atoms with E-state index in [-0.39, 0.29) is 11.4 Å². The number of hydrogen-bond acceptors (Lipinski definition) is 4. The number of anilines is 1. The molecule has 25 heavy (non-hydrogen) atoms. The van der Waals surface area contributed by atoms with Gasteiger partial charge in [0.15, 0.2) is 0 Å². The molecule has 0 aliphatic heterocycles. The van der Waals surface area contributed by atoms with E-state index in [1.54, 1.807) is 12.1 Å². The molecule has 0 fully saturated rings. The van der Waals surface area contributed by atoms with Crippen molar-refractivity contribution in [2.75, 3.05) is 11.9 Å². The summed E-state index contributed by atoms with van der Waals surface area (Å²) in [4.78, 5) is 23.4. The van der Waals surface area contributed by atoms with E-state index in [1.165, 1.54) is 36.4 Å². The Hall–Kier alpha value is -2.78. The van der Waals surface area contributed by atoms with Crippen molar-refractivity contribution in [1.82, 2.24) is 5.32 Å². The second-order valence-corrected chi connectivity index (χ2v) is 6.72. The van der Waals surface area contributed by atoms with Gasteiger partial charge in [-0.15, -0.1) is 0 Å². The average molecular weight is 365 g/mol. The Labute approximate surface area is 144 Å². The van der Waals surface area contributed by atoms with Crippen LogP contribution in [0.15, 0.2) is 53.4 Å². The first-order chi connectivity index (χ1) is 11.8. The number of halogens is 1. The molecule has 9 heteroatoms. The molecule has 0 unspecified atom stereocenters. The first-order valence-corrected chi connectivity index (χ1v) is 8.77. The van der Waals surface area contributed by atoms with Gasteiger partial charge in [-0.2, -0.15) is 0 Å². The van der Waals surface area contributed by atoms with E-state index >= 15 is 0 Å². The van der Waals surface area contributed by atoms with Gasteiger partial charge in [0, 0.05) is 12.2 Å². The summed E-state index contributed by atoms with van der Waals surface area (Å²) in [7, 11) is -3.74. The van der Waals surface area contributed by atoms with Gasteiger partial charge in [-0.1, -0.05) is 12.1 Å². The summed E-state index contributed by atoms with van der Waals surface area (Å²) in [6.07, 6.45) is 0.403. The van der Waals surface area contributed by atoms with Crippen LogP contribution in [-0.4, -0.2) is 26.8 Å². The highest BCUT2D eigenvalue weighted by Crippen LogP contribution is 2.09. The van der Waals surface area contributed by atoms with Crippen LogP contribution < -0.4 is 15.8 Å². The van der Waals surface area contributed by atoms with Crippen LogP contribution in [0.1, 0.15) is 5.56 Å². The van der Waals surface area contributed by atoms with Gasteiger partial charge in [0.25, 0.3) is 0 Å². The molecule has 0 bridgehead atoms. The highest BCUT2D eigenvalue weighted by Gasteiger charge is 2.13. The first kappa shape index (κ1) is 18.6. The lowest BCUT2D eigenvalue weighted by molar-refractivity contribution is -0.136. The Bertz CT molecular complexity index is 865. The molecule has 0 saturated carbocycles. The number of benzene rings is 2. The highest BCUT2D eigenvalue weighted by atomic mass is 32.2. The molecule has 2 aromatic rings. The van der Waals surface area contributed by atoms with E-state index in [2.05, 4.69) is 10.6 Å². The molecule has 0 aliphatic rings. The summed E-state index contributed by atoms with van der Waals surface area (Å²) in [5.74, 6) is -2.14. The molecule has 0 aromatic heterocycles. The van der Waals surface area contributed by atoms with Crippen LogP contribution in [0.5, 0.6) is 0 Å². The fraction of sp³-hybridized carbons (Fsp3) is 0.125. The lowest BCUT2D eigenvalue weighted by Crippen LogP contribution is -2.36. The lowest BCUT2D eigenvalue weighted by atomic mass is 10.1. The van der Waals surface area contributed by atoms with Crippen molar-refractivity contribution in [1.29, 1.82) is 0 Å². The second-order valence-electron chi connectivity index (χ2n) is 5.16. The van der Waals surface area contributed by atoms with Gasteiger partial charge in [-0.3, -0.25) is 9.59 Å². The van der Waals surface area contributed by atoms with Gasteiger partial charge in [-0.25, -0.2) is 17.9 Å². The SMILES string of the molecule is NS(=O)(=O)c1ccc(CCNC(=O)C(=O)Nc2ccc(F)cc2)cc1. The highest BCUT2D eigenvalue weighted by molar-refractivity contribution is 7.89. The maximum absolute atomic E-state index is 12.8. The van der Waals surface area contributed by atoms with Crippen molar-refractivity contribution < 1.29 is 22.4 Å². The number of sulfonamides is 1. The molecule has 0 atom stereocenters. The number of carbonyl (C=O) groups excluding carboxylic acids is 2. The molecule has 2 rings (SSSR count). The molecule has 0 aliphatic carbocycles. The van der Waals surface area contributed by atoms with E-state index in [0.29, 0.717) is 12.1 Å². The predicted octanol–water partition coefficient (Wildman–Crippen LogP) is 0.770. The molecule has 0 radical (unpaired) electrons. The van der Waals surface area contributed by atoms with Gasteiger partial charge >= 0.3 is 11.8 Å². The third-order valence-electron chi connectivity index (χ3n) is 3.26. The summed E-state index contributed by atoms with van der Waals surface area (Å²) in [6.45, 7) is 0.185. The summed E-state index contributed by atoms with van der Waals surface area (Å²) in [5, 5.41) is 9.78. The minimum absolute atomic E-state index is 0.000962. The molecule has 0 saturated heterocycles. The van der Waals surface area contributed by atoms with Gasteiger partial charge in [-0.05, 0) is 48.4 Å². The van der Waals surface area contributed by atoms with Crippen molar-refractivity contribution in [2.24, 2.45) is 5.14 Å². The molecule has 0 spiro atoms. The monoisotopic (exact) mass is 365 g/mol. The van der Waals surface area contributed by atoms with Crippen molar-refractivity contribution in [3.05, 3.63) is 59.9 Å². The minimum Gasteiger partial charge on any atom is -0.347 e. The molecular formula is C16H16FN3O4S. The molecule has 4 N–H and O–H groups in total. The number of nitrogens with two attached hydrogens (primary N) is 1. The number of nitrogens with one attached hydrogen (secondary N) is 2. The Balaban J connectivity index is 1.81. The zero-order chi connectivity index (χ0) is 18.4. The van der Waals surface area contributed by atoms with Crippen LogP contribution in [0.25, 0.3) is 0 Å². The van der Waals surface area contributed by atoms with E-state index < -0.39 is 27.7 Å². The first-order valence-electron chi connectivity index (χ1n) is 7.22. The summed E-state index contributed by atoms with van der Waals surface area (Å²) in [5.41, 5.74) is 1.08. The maximum atomic E-state index is 12.8. The van der Waals surface area contributed by atoms with E-state index in [9.17, 15) is 22.4 Å². The smallest absolute Gasteiger partial charge is 0.313 e. The third-order valence-corrected chi connectivity index (χ3v) is 4.19. The summed E-state index contributed by atoms with van der Waals surface area (Å²) < 4.78 is 35.1. The fourth-order valence-corrected chi connectivity index (χ4v) is 2.48. The Kier molecular flexibility index (Phi) is 5.84. The van der Waals surface area contributed by atoms with Crippen LogP contribution in [0.2, 0.25) is 0 Å². The standard InChI is InChI=1S/C16H16FN3O4S/c17-12-3-5-13(6-4-12)20-16(22)15(21)19-10-9-11-1-7-14(8-2-11)25(18,23)24/h1-8H,9-10H2,(H,19,21)(H,20,22)(H2,18,23,24). The number of hydrogen-bond donors (Lipinski definition) is 3. The average Bonchev–Trinajstić information content (AvgIpc) is 2.56. The quantitative estimate of drug-likeness (QED) is 0.678. The van der Waals surface area contributed by atoms with Crippen molar-refractivity contribution >= 4 is 27.5 Å². The number of primary sulfonamides is 1. The normalized spacial score (nSPS) is 11.0. The Morgan fingerprint density at radius 1 is 0.960 bits per heavy atom. The van der Waals surface area contributed by atoms with Crippen LogP contribution in [0.4, 0.5) is 10.1 Å². The van der Waals surface area contributed by atoms with Crippen LogP contribution >= 0.6 is 0 Å². The number of rotatable bonds is 5. The van der Waals surface area contributed by atoms with Crippen LogP contribution in [-0.2, 0) is 26.0 Å². The van der Waals surface area contributed by atoms with E-state index in [1.807, 2.05) is 0 Å². The topological polar surface area (TPSA) is 118 Å². The van der Waals surface area contributed by atoms with Gasteiger partial charge in [0.1, 0.15) is 5.82 Å². The minimum atomic E-state index is -3.74. The number of amides is 2. The Morgan fingerprint density at radius 3 is 2.12 bits per heavy atom. The molecule has 132 valence electrons. The second kappa shape index (κ2) is 7.86. The Morgan fingerprint density at radius 2 is 1.56 bits per heavy atom.